The largest absolute Gasteiger partial charge is 0.267 e. The van der Waals surface area contributed by atoms with Gasteiger partial charge in [-0.25, -0.2) is 15.0 Å². The van der Waals surface area contributed by atoms with Crippen molar-refractivity contribution in [2.24, 2.45) is 0 Å². The van der Waals surface area contributed by atoms with Crippen LogP contribution in [0.4, 0.5) is 0 Å². The molecule has 0 unspecified atom stereocenters. The highest BCUT2D eigenvalue weighted by Crippen LogP contribution is 2.15. The summed E-state index contributed by atoms with van der Waals surface area (Å²) in [6.07, 6.45) is 1.76. The quantitative estimate of drug-likeness (QED) is 0.637. The van der Waals surface area contributed by atoms with Gasteiger partial charge in [0, 0.05) is 11.4 Å². The fraction of sp³-hybridized carbons (Fsp3) is 0.154. The third kappa shape index (κ3) is 1.67. The lowest BCUT2D eigenvalue weighted by atomic mass is 10.3. The molecule has 0 fully saturated rings. The zero-order chi connectivity index (χ0) is 11.8. The highest BCUT2D eigenvalue weighted by Gasteiger charge is 2.06. The zero-order valence-corrected chi connectivity index (χ0v) is 9.75. The number of rotatable bonds is 1. The second kappa shape index (κ2) is 3.66. The van der Waals surface area contributed by atoms with Gasteiger partial charge in [-0.15, -0.1) is 0 Å². The number of hydrogen-bond acceptors (Lipinski definition) is 3. The number of nitrogens with zero attached hydrogens (tertiary/aromatic N) is 4. The number of para-hydroxylation sites is 2. The van der Waals surface area contributed by atoms with Crippen LogP contribution < -0.4 is 0 Å². The van der Waals surface area contributed by atoms with Crippen LogP contribution in [0.2, 0.25) is 0 Å². The van der Waals surface area contributed by atoms with Gasteiger partial charge < -0.3 is 0 Å². The summed E-state index contributed by atoms with van der Waals surface area (Å²) in [5, 5.41) is 0. The first-order chi connectivity index (χ1) is 8.24. The monoisotopic (exact) mass is 224 g/mol. The first kappa shape index (κ1) is 9.96. The summed E-state index contributed by atoms with van der Waals surface area (Å²) >= 11 is 0. The van der Waals surface area contributed by atoms with Crippen LogP contribution >= 0.6 is 0 Å². The summed E-state index contributed by atoms with van der Waals surface area (Å²) in [7, 11) is 0. The molecular formula is C13H12N4. The highest BCUT2D eigenvalue weighted by molar-refractivity contribution is 5.76. The van der Waals surface area contributed by atoms with Gasteiger partial charge in [-0.05, 0) is 32.0 Å². The molecule has 0 atom stereocenters. The number of aromatic nitrogens is 4. The molecule has 3 aromatic rings. The van der Waals surface area contributed by atoms with Crippen molar-refractivity contribution in [3.63, 3.8) is 0 Å². The van der Waals surface area contributed by atoms with Crippen LogP contribution in [0.15, 0.2) is 36.7 Å². The van der Waals surface area contributed by atoms with Gasteiger partial charge in [0.1, 0.15) is 6.33 Å². The Balaban J connectivity index is 2.27. The van der Waals surface area contributed by atoms with Crippen LogP contribution in [-0.4, -0.2) is 19.5 Å². The molecule has 0 aliphatic heterocycles. The van der Waals surface area contributed by atoms with E-state index in [4.69, 9.17) is 0 Å². The molecule has 2 heterocycles. The first-order valence-electron chi connectivity index (χ1n) is 5.49. The maximum Gasteiger partial charge on any atom is 0.235 e. The van der Waals surface area contributed by atoms with Crippen molar-refractivity contribution >= 4 is 11.0 Å². The molecule has 3 rings (SSSR count). The SMILES string of the molecule is Cc1cc(C)nc(-n2cnc3ccccc32)n1. The lowest BCUT2D eigenvalue weighted by molar-refractivity contribution is 0.912. The number of aryl methyl sites for hydroxylation is 2. The van der Waals surface area contributed by atoms with E-state index < -0.39 is 0 Å². The number of imidazole rings is 1. The molecule has 17 heavy (non-hydrogen) atoms. The standard InChI is InChI=1S/C13H12N4/c1-9-7-10(2)16-13(15-9)17-8-14-11-5-3-4-6-12(11)17/h3-8H,1-2H3. The van der Waals surface area contributed by atoms with Gasteiger partial charge in [0.25, 0.3) is 0 Å². The smallest absolute Gasteiger partial charge is 0.235 e. The Morgan fingerprint density at radius 3 is 2.47 bits per heavy atom. The van der Waals surface area contributed by atoms with E-state index in [0.29, 0.717) is 5.95 Å². The molecule has 2 aromatic heterocycles. The van der Waals surface area contributed by atoms with E-state index in [0.717, 1.165) is 22.4 Å². The van der Waals surface area contributed by atoms with Crippen molar-refractivity contribution in [3.8, 4) is 5.95 Å². The zero-order valence-electron chi connectivity index (χ0n) is 9.75. The van der Waals surface area contributed by atoms with Crippen molar-refractivity contribution in [2.75, 3.05) is 0 Å². The molecule has 0 N–H and O–H groups in total. The molecule has 0 aliphatic carbocycles. The van der Waals surface area contributed by atoms with Crippen LogP contribution in [0.5, 0.6) is 0 Å². The Hall–Kier alpha value is -2.23. The van der Waals surface area contributed by atoms with Crippen LogP contribution in [0, 0.1) is 13.8 Å². The van der Waals surface area contributed by atoms with Crippen LogP contribution in [0.3, 0.4) is 0 Å². The molecular weight excluding hydrogens is 212 g/mol. The van der Waals surface area contributed by atoms with E-state index in [1.54, 1.807) is 6.33 Å². The van der Waals surface area contributed by atoms with Gasteiger partial charge in [-0.1, -0.05) is 12.1 Å². The molecule has 84 valence electrons. The molecule has 0 radical (unpaired) electrons. The number of fused-ring (bicyclic) bond motifs is 1. The molecule has 0 saturated carbocycles. The first-order valence-corrected chi connectivity index (χ1v) is 5.49. The fourth-order valence-corrected chi connectivity index (χ4v) is 1.93. The molecule has 4 nitrogen and oxygen atoms in total. The normalized spacial score (nSPS) is 10.9. The summed E-state index contributed by atoms with van der Waals surface area (Å²) in [5.74, 6) is 0.677. The second-order valence-corrected chi connectivity index (χ2v) is 4.05. The maximum absolute atomic E-state index is 4.44. The summed E-state index contributed by atoms with van der Waals surface area (Å²) in [4.78, 5) is 13.2. The molecule has 1 aromatic carbocycles. The molecule has 0 bridgehead atoms. The summed E-state index contributed by atoms with van der Waals surface area (Å²) in [6, 6.07) is 9.92. The Morgan fingerprint density at radius 1 is 1.00 bits per heavy atom. The lowest BCUT2D eigenvalue weighted by Gasteiger charge is -2.04. The minimum atomic E-state index is 0.677. The molecule has 0 amide bonds. The minimum Gasteiger partial charge on any atom is -0.267 e. The average molecular weight is 224 g/mol. The van der Waals surface area contributed by atoms with Crippen LogP contribution in [0.25, 0.3) is 17.0 Å². The summed E-state index contributed by atoms with van der Waals surface area (Å²) < 4.78 is 1.91. The average Bonchev–Trinajstić information content (AvgIpc) is 2.71. The Labute approximate surface area is 99.0 Å². The topological polar surface area (TPSA) is 43.6 Å². The van der Waals surface area contributed by atoms with Crippen molar-refractivity contribution in [1.29, 1.82) is 0 Å². The van der Waals surface area contributed by atoms with Crippen molar-refractivity contribution in [3.05, 3.63) is 48.0 Å². The lowest BCUT2D eigenvalue weighted by Crippen LogP contribution is -2.02. The van der Waals surface area contributed by atoms with E-state index >= 15 is 0 Å². The minimum absolute atomic E-state index is 0.677. The van der Waals surface area contributed by atoms with E-state index in [-0.39, 0.29) is 0 Å². The van der Waals surface area contributed by atoms with Crippen molar-refractivity contribution in [1.82, 2.24) is 19.5 Å². The van der Waals surface area contributed by atoms with E-state index in [9.17, 15) is 0 Å². The van der Waals surface area contributed by atoms with E-state index in [1.165, 1.54) is 0 Å². The van der Waals surface area contributed by atoms with Gasteiger partial charge in [-0.3, -0.25) is 4.57 Å². The Bertz CT molecular complexity index is 664. The molecule has 0 spiro atoms. The van der Waals surface area contributed by atoms with E-state index in [1.807, 2.05) is 48.7 Å². The maximum atomic E-state index is 4.44. The highest BCUT2D eigenvalue weighted by atomic mass is 15.2. The molecule has 0 saturated heterocycles. The second-order valence-electron chi connectivity index (χ2n) is 4.05. The van der Waals surface area contributed by atoms with Gasteiger partial charge in [0.05, 0.1) is 11.0 Å². The van der Waals surface area contributed by atoms with E-state index in [2.05, 4.69) is 15.0 Å². The third-order valence-corrected chi connectivity index (χ3v) is 2.64. The number of benzene rings is 1. The Morgan fingerprint density at radius 2 is 1.71 bits per heavy atom. The van der Waals surface area contributed by atoms with Crippen LogP contribution in [-0.2, 0) is 0 Å². The van der Waals surface area contributed by atoms with Crippen molar-refractivity contribution in [2.45, 2.75) is 13.8 Å². The van der Waals surface area contributed by atoms with Gasteiger partial charge >= 0.3 is 0 Å². The van der Waals surface area contributed by atoms with Crippen molar-refractivity contribution < 1.29 is 0 Å². The Kier molecular flexibility index (Phi) is 2.14. The predicted octanol–water partition coefficient (Wildman–Crippen LogP) is 2.43. The summed E-state index contributed by atoms with van der Waals surface area (Å²) in [5.41, 5.74) is 3.91. The van der Waals surface area contributed by atoms with Crippen LogP contribution in [0.1, 0.15) is 11.4 Å². The number of hydrogen-bond donors (Lipinski definition) is 0. The predicted molar refractivity (Wildman–Crippen MR) is 66.1 cm³/mol. The van der Waals surface area contributed by atoms with Gasteiger partial charge in [0.2, 0.25) is 5.95 Å². The van der Waals surface area contributed by atoms with Gasteiger partial charge in [0.15, 0.2) is 0 Å². The van der Waals surface area contributed by atoms with Gasteiger partial charge in [-0.2, -0.15) is 0 Å². The molecule has 0 aliphatic rings. The summed E-state index contributed by atoms with van der Waals surface area (Å²) in [6.45, 7) is 3.94. The molecule has 4 heteroatoms. The fourth-order valence-electron chi connectivity index (χ4n) is 1.93. The third-order valence-electron chi connectivity index (χ3n) is 2.64.